The minimum absolute atomic E-state index is 0.0719. The molecule has 0 aliphatic heterocycles. The fourth-order valence-electron chi connectivity index (χ4n) is 4.49. The van der Waals surface area contributed by atoms with Crippen LogP contribution in [0.1, 0.15) is 36.1 Å². The fourth-order valence-corrected chi connectivity index (χ4v) is 5.82. The highest BCUT2D eigenvalue weighted by Gasteiger charge is 2.22. The molecule has 0 saturated carbocycles. The zero-order valence-electron chi connectivity index (χ0n) is 26.0. The van der Waals surface area contributed by atoms with Gasteiger partial charge in [0.2, 0.25) is 9.84 Å². The molecule has 0 amide bonds. The third kappa shape index (κ3) is 9.00. The molecule has 6 nitrogen and oxygen atoms in total. The minimum atomic E-state index is -4.12. The number of benzene rings is 4. The summed E-state index contributed by atoms with van der Waals surface area (Å²) in [4.78, 5) is 0.144. The number of allylic oxidation sites excluding steroid dienone is 2. The van der Waals surface area contributed by atoms with Crippen LogP contribution < -0.4 is 18.9 Å². The summed E-state index contributed by atoms with van der Waals surface area (Å²) in [5.74, 6) is 2.23. The van der Waals surface area contributed by atoms with E-state index < -0.39 is 9.84 Å². The maximum atomic E-state index is 14.7. The maximum Gasteiger partial charge on any atom is 0.206 e. The first-order valence-electron chi connectivity index (χ1n) is 14.6. The van der Waals surface area contributed by atoms with E-state index in [0.717, 1.165) is 11.1 Å². The molecular weight excluding hydrogens is 584 g/mol. The van der Waals surface area contributed by atoms with Gasteiger partial charge < -0.3 is 18.9 Å². The monoisotopic (exact) mass is 622 g/mol. The van der Waals surface area contributed by atoms with Crippen molar-refractivity contribution >= 4 is 34.1 Å². The fraction of sp³-hybridized carbons (Fsp3) is 0.158. The van der Waals surface area contributed by atoms with Crippen molar-refractivity contribution in [1.29, 1.82) is 0 Å². The zero-order valence-corrected chi connectivity index (χ0v) is 26.8. The number of ether oxygens (including phenoxy) is 4. The largest absolute Gasteiger partial charge is 0.496 e. The molecule has 0 N–H and O–H groups in total. The van der Waals surface area contributed by atoms with Gasteiger partial charge in [-0.3, -0.25) is 0 Å². The molecule has 7 heteroatoms. The van der Waals surface area contributed by atoms with Crippen molar-refractivity contribution in [2.24, 2.45) is 0 Å². The van der Waals surface area contributed by atoms with Crippen molar-refractivity contribution < 1.29 is 27.4 Å². The van der Waals surface area contributed by atoms with E-state index in [1.807, 2.05) is 74.5 Å². The lowest BCUT2D eigenvalue weighted by Gasteiger charge is -2.13. The molecule has 232 valence electrons. The molecule has 0 saturated heterocycles. The summed E-state index contributed by atoms with van der Waals surface area (Å²) in [6.45, 7) is 4.79. The number of hydrogen-bond donors (Lipinski definition) is 0. The van der Waals surface area contributed by atoms with Gasteiger partial charge in [-0.25, -0.2) is 8.42 Å². The smallest absolute Gasteiger partial charge is 0.206 e. The van der Waals surface area contributed by atoms with E-state index in [1.165, 1.54) is 0 Å². The quantitative estimate of drug-likeness (QED) is 0.131. The van der Waals surface area contributed by atoms with Crippen molar-refractivity contribution in [3.05, 3.63) is 141 Å². The van der Waals surface area contributed by atoms with Crippen molar-refractivity contribution in [1.82, 2.24) is 0 Å². The molecule has 0 atom stereocenters. The van der Waals surface area contributed by atoms with Gasteiger partial charge in [0.25, 0.3) is 0 Å². The van der Waals surface area contributed by atoms with Crippen LogP contribution >= 0.6 is 0 Å². The molecular formula is C38H38O6S. The number of sulfone groups is 1. The van der Waals surface area contributed by atoms with Gasteiger partial charge >= 0.3 is 0 Å². The van der Waals surface area contributed by atoms with Gasteiger partial charge in [-0.15, -0.1) is 0 Å². The first-order valence-corrected chi connectivity index (χ1v) is 16.1. The van der Waals surface area contributed by atoms with Crippen LogP contribution in [0.5, 0.6) is 23.0 Å². The maximum absolute atomic E-state index is 14.7. The molecule has 0 fully saturated rings. The van der Waals surface area contributed by atoms with Crippen LogP contribution in [-0.2, 0) is 9.84 Å². The number of rotatable bonds is 14. The Labute approximate surface area is 266 Å². The lowest BCUT2D eigenvalue weighted by Crippen LogP contribution is -2.05. The first kappa shape index (κ1) is 32.9. The Morgan fingerprint density at radius 1 is 0.600 bits per heavy atom. The first-order chi connectivity index (χ1) is 21.9. The summed E-state index contributed by atoms with van der Waals surface area (Å²) < 4.78 is 51.8. The molecule has 45 heavy (non-hydrogen) atoms. The predicted octanol–water partition coefficient (Wildman–Crippen LogP) is 8.72. The van der Waals surface area contributed by atoms with Crippen LogP contribution in [0.25, 0.3) is 24.3 Å². The number of hydrogen-bond acceptors (Lipinski definition) is 6. The zero-order chi connectivity index (χ0) is 32.1. The van der Waals surface area contributed by atoms with E-state index in [4.69, 9.17) is 18.9 Å². The molecule has 4 aromatic carbocycles. The molecule has 0 aliphatic rings. The summed E-state index contributed by atoms with van der Waals surface area (Å²) in [6.07, 6.45) is 10.0. The molecule has 0 heterocycles. The normalized spacial score (nSPS) is 12.4. The predicted molar refractivity (Wildman–Crippen MR) is 184 cm³/mol. The van der Waals surface area contributed by atoms with E-state index in [9.17, 15) is 8.42 Å². The van der Waals surface area contributed by atoms with Crippen LogP contribution in [0.4, 0.5) is 0 Å². The third-order valence-electron chi connectivity index (χ3n) is 6.73. The van der Waals surface area contributed by atoms with Crippen molar-refractivity contribution in [3.8, 4) is 23.0 Å². The summed E-state index contributed by atoms with van der Waals surface area (Å²) in [5, 5.41) is 0. The molecule has 0 unspecified atom stereocenters. The van der Waals surface area contributed by atoms with E-state index in [-0.39, 0.29) is 9.81 Å². The highest BCUT2D eigenvalue weighted by atomic mass is 32.2. The molecule has 0 aromatic heterocycles. The molecule has 4 aromatic rings. The van der Waals surface area contributed by atoms with E-state index in [2.05, 4.69) is 0 Å². The minimum Gasteiger partial charge on any atom is -0.496 e. The van der Waals surface area contributed by atoms with Crippen LogP contribution in [0.2, 0.25) is 0 Å². The molecule has 0 aliphatic carbocycles. The summed E-state index contributed by atoms with van der Waals surface area (Å²) in [6, 6.07) is 29.7. The van der Waals surface area contributed by atoms with Crippen molar-refractivity contribution in [2.75, 3.05) is 27.4 Å². The van der Waals surface area contributed by atoms with Gasteiger partial charge in [-0.2, -0.15) is 0 Å². The second kappa shape index (κ2) is 16.2. The highest BCUT2D eigenvalue weighted by Crippen LogP contribution is 2.33. The van der Waals surface area contributed by atoms with Gasteiger partial charge in [-0.1, -0.05) is 72.8 Å². The Hall–Kier alpha value is -5.01. The number of methoxy groups -OCH3 is 2. The second-order valence-corrected chi connectivity index (χ2v) is 11.7. The van der Waals surface area contributed by atoms with Gasteiger partial charge in [0.1, 0.15) is 23.0 Å². The molecule has 0 bridgehead atoms. The van der Waals surface area contributed by atoms with Crippen LogP contribution in [0, 0.1) is 0 Å². The van der Waals surface area contributed by atoms with Gasteiger partial charge in [-0.05, 0) is 73.5 Å². The topological polar surface area (TPSA) is 71.1 Å². The Bertz CT molecular complexity index is 1660. The van der Waals surface area contributed by atoms with E-state index >= 15 is 0 Å². The molecule has 0 radical (unpaired) electrons. The van der Waals surface area contributed by atoms with E-state index in [1.54, 1.807) is 87.1 Å². The molecule has 4 rings (SSSR count). The standard InChI is InChI=1S/C38H38O6S/c1-5-43-33-21-19-31(37(27-33)41-3)25-35(23-17-29-13-9-7-10-14-29)45(39,40)36(24-18-30-15-11-8-12-16-30)26-32-20-22-34(44-6-2)28-38(32)42-4/h7-28H,5-6H2,1-4H3. The summed E-state index contributed by atoms with van der Waals surface area (Å²) in [5.41, 5.74) is 2.89. The highest BCUT2D eigenvalue weighted by molar-refractivity contribution is 7.99. The Morgan fingerprint density at radius 2 is 1.00 bits per heavy atom. The van der Waals surface area contributed by atoms with Crippen LogP contribution in [0.15, 0.2) is 119 Å². The lowest BCUT2D eigenvalue weighted by atomic mass is 10.1. The van der Waals surface area contributed by atoms with E-state index in [0.29, 0.717) is 47.3 Å². The van der Waals surface area contributed by atoms with Crippen LogP contribution in [-0.4, -0.2) is 35.9 Å². The Morgan fingerprint density at radius 3 is 1.36 bits per heavy atom. The average Bonchev–Trinajstić information content (AvgIpc) is 3.06. The second-order valence-electron chi connectivity index (χ2n) is 9.76. The Kier molecular flexibility index (Phi) is 11.8. The third-order valence-corrected chi connectivity index (χ3v) is 8.48. The van der Waals surface area contributed by atoms with Crippen LogP contribution in [0.3, 0.4) is 0 Å². The van der Waals surface area contributed by atoms with Gasteiger partial charge in [0, 0.05) is 23.3 Å². The SMILES string of the molecule is CCOc1ccc(C=C(C=Cc2ccccc2)S(=O)(=O)C(C=Cc2ccccc2)=Cc2ccc(OCC)cc2OC)c(OC)c1. The van der Waals surface area contributed by atoms with Gasteiger partial charge in [0.15, 0.2) is 0 Å². The summed E-state index contributed by atoms with van der Waals surface area (Å²) in [7, 11) is -1.03. The van der Waals surface area contributed by atoms with Crippen molar-refractivity contribution in [2.45, 2.75) is 13.8 Å². The summed E-state index contributed by atoms with van der Waals surface area (Å²) >= 11 is 0. The van der Waals surface area contributed by atoms with Crippen molar-refractivity contribution in [3.63, 3.8) is 0 Å². The molecule has 0 spiro atoms. The lowest BCUT2D eigenvalue weighted by molar-refractivity contribution is 0.336. The average molecular weight is 623 g/mol. The van der Waals surface area contributed by atoms with Gasteiger partial charge in [0.05, 0.1) is 37.2 Å². The Balaban J connectivity index is 1.92.